The topological polar surface area (TPSA) is 67.4 Å². The van der Waals surface area contributed by atoms with Gasteiger partial charge in [0.15, 0.2) is 0 Å². The normalized spacial score (nSPS) is 13.9. The van der Waals surface area contributed by atoms with Crippen LogP contribution in [-0.2, 0) is 27.1 Å². The smallest absolute Gasteiger partial charge is 0.325 e. The zero-order valence-corrected chi connectivity index (χ0v) is 18.6. The summed E-state index contributed by atoms with van der Waals surface area (Å²) in [7, 11) is -1.51. The minimum absolute atomic E-state index is 0.269. The van der Waals surface area contributed by atoms with E-state index in [1.165, 1.54) is 0 Å². The summed E-state index contributed by atoms with van der Waals surface area (Å²) in [5.74, 6) is -0.388. The van der Waals surface area contributed by atoms with Gasteiger partial charge in [0, 0.05) is 6.54 Å². The number of carbonyl (C=O) groups excluding carboxylic acids is 1. The van der Waals surface area contributed by atoms with E-state index in [9.17, 15) is 9.00 Å². The maximum atomic E-state index is 13.1. The van der Waals surface area contributed by atoms with E-state index >= 15 is 0 Å². The van der Waals surface area contributed by atoms with Gasteiger partial charge in [0.2, 0.25) is 0 Å². The molecule has 3 aromatic carbocycles. The molecule has 3 atom stereocenters. The second kappa shape index (κ2) is 11.6. The zero-order chi connectivity index (χ0) is 22.1. The summed E-state index contributed by atoms with van der Waals surface area (Å²) < 4.78 is 21.6. The van der Waals surface area contributed by atoms with Crippen molar-refractivity contribution in [1.82, 2.24) is 10.0 Å². The quantitative estimate of drug-likeness (QED) is 0.470. The maximum absolute atomic E-state index is 13.1. The number of aryl methyl sites for hydroxylation is 1. The van der Waals surface area contributed by atoms with Gasteiger partial charge >= 0.3 is 5.97 Å². The predicted molar refractivity (Wildman–Crippen MR) is 124 cm³/mol. The molecule has 0 bridgehead atoms. The molecule has 3 rings (SSSR count). The van der Waals surface area contributed by atoms with Gasteiger partial charge in [0.05, 0.1) is 17.5 Å². The van der Waals surface area contributed by atoms with Crippen molar-refractivity contribution in [3.8, 4) is 0 Å². The van der Waals surface area contributed by atoms with E-state index in [0.717, 1.165) is 16.7 Å². The molecule has 0 aromatic heterocycles. The third-order valence-electron chi connectivity index (χ3n) is 4.87. The molecule has 0 amide bonds. The van der Waals surface area contributed by atoms with Crippen molar-refractivity contribution >= 4 is 17.0 Å². The second-order valence-electron chi connectivity index (χ2n) is 7.18. The van der Waals surface area contributed by atoms with E-state index in [1.807, 2.05) is 91.9 Å². The number of carbonyl (C=O) groups is 1. The van der Waals surface area contributed by atoms with Crippen LogP contribution in [0.1, 0.15) is 29.7 Å². The van der Waals surface area contributed by atoms with Crippen LogP contribution in [-0.4, -0.2) is 22.8 Å². The molecule has 0 spiro atoms. The molecule has 0 aliphatic carbocycles. The van der Waals surface area contributed by atoms with Crippen LogP contribution >= 0.6 is 0 Å². The van der Waals surface area contributed by atoms with Gasteiger partial charge in [-0.1, -0.05) is 78.4 Å². The van der Waals surface area contributed by atoms with Crippen LogP contribution in [0.4, 0.5) is 0 Å². The van der Waals surface area contributed by atoms with Crippen LogP contribution in [0.5, 0.6) is 0 Å². The summed E-state index contributed by atoms with van der Waals surface area (Å²) >= 11 is 0. The minimum atomic E-state index is -1.51. The van der Waals surface area contributed by atoms with Gasteiger partial charge in [-0.2, -0.15) is 0 Å². The Bertz CT molecular complexity index is 979. The lowest BCUT2D eigenvalue weighted by molar-refractivity contribution is -0.146. The Morgan fingerprint density at radius 2 is 1.55 bits per heavy atom. The summed E-state index contributed by atoms with van der Waals surface area (Å²) in [5.41, 5.74) is 2.99. The van der Waals surface area contributed by atoms with Gasteiger partial charge in [0.25, 0.3) is 0 Å². The molecule has 5 nitrogen and oxygen atoms in total. The summed E-state index contributed by atoms with van der Waals surface area (Å²) in [5, 5.41) is 3.31. The Balaban J connectivity index is 1.89. The second-order valence-corrected chi connectivity index (χ2v) is 8.43. The van der Waals surface area contributed by atoms with Crippen molar-refractivity contribution in [3.05, 3.63) is 102 Å². The lowest BCUT2D eigenvalue weighted by atomic mass is 10.00. The minimum Gasteiger partial charge on any atom is -0.465 e. The molecule has 0 aliphatic rings. The van der Waals surface area contributed by atoms with Crippen molar-refractivity contribution in [3.63, 3.8) is 0 Å². The van der Waals surface area contributed by atoms with Crippen molar-refractivity contribution < 1.29 is 13.7 Å². The number of hydrogen-bond donors (Lipinski definition) is 2. The number of nitrogens with one attached hydrogen (secondary N) is 2. The maximum Gasteiger partial charge on any atom is 0.325 e. The number of esters is 1. The number of benzene rings is 3. The van der Waals surface area contributed by atoms with Crippen LogP contribution in [0.25, 0.3) is 0 Å². The summed E-state index contributed by atoms with van der Waals surface area (Å²) in [6, 6.07) is 25.6. The van der Waals surface area contributed by atoms with Crippen molar-refractivity contribution in [1.29, 1.82) is 0 Å². The molecule has 3 aromatic rings. The first-order valence-electron chi connectivity index (χ1n) is 10.3. The lowest BCUT2D eigenvalue weighted by Crippen LogP contribution is -2.48. The van der Waals surface area contributed by atoms with E-state index in [4.69, 9.17) is 4.74 Å². The van der Waals surface area contributed by atoms with Gasteiger partial charge in [-0.15, -0.1) is 0 Å². The van der Waals surface area contributed by atoms with Gasteiger partial charge in [-0.05, 0) is 37.1 Å². The Kier molecular flexibility index (Phi) is 8.53. The highest BCUT2D eigenvalue weighted by Crippen LogP contribution is 2.21. The Hall–Kier alpha value is -2.80. The molecular weight excluding hydrogens is 408 g/mol. The third kappa shape index (κ3) is 6.59. The van der Waals surface area contributed by atoms with Crippen molar-refractivity contribution in [2.45, 2.75) is 37.4 Å². The largest absolute Gasteiger partial charge is 0.465 e. The van der Waals surface area contributed by atoms with E-state index in [2.05, 4.69) is 10.0 Å². The van der Waals surface area contributed by atoms with Crippen LogP contribution < -0.4 is 10.0 Å². The molecule has 31 heavy (non-hydrogen) atoms. The highest BCUT2D eigenvalue weighted by atomic mass is 32.2. The molecule has 0 heterocycles. The van der Waals surface area contributed by atoms with E-state index in [-0.39, 0.29) is 12.6 Å². The number of ether oxygens (including phenoxy) is 1. The van der Waals surface area contributed by atoms with Crippen LogP contribution in [0.15, 0.2) is 89.8 Å². The highest BCUT2D eigenvalue weighted by Gasteiger charge is 2.32. The lowest BCUT2D eigenvalue weighted by Gasteiger charge is -2.27. The van der Waals surface area contributed by atoms with E-state index in [0.29, 0.717) is 11.4 Å². The fourth-order valence-corrected chi connectivity index (χ4v) is 4.25. The molecule has 0 saturated carbocycles. The number of rotatable bonds is 10. The fourth-order valence-electron chi connectivity index (χ4n) is 3.23. The van der Waals surface area contributed by atoms with Gasteiger partial charge in [0.1, 0.15) is 17.0 Å². The molecule has 0 saturated heterocycles. The predicted octanol–water partition coefficient (Wildman–Crippen LogP) is 4.07. The summed E-state index contributed by atoms with van der Waals surface area (Å²) in [4.78, 5) is 13.6. The molecule has 6 heteroatoms. The molecule has 0 fully saturated rings. The first-order chi connectivity index (χ1) is 15.1. The standard InChI is InChI=1S/C25H28N2O3S/c1-3-30-25(28)24(26-18-20-10-6-4-7-11-20)23(21-12-8-5-9-13-21)27-31(29)22-16-14-19(2)15-17-22/h4-17,23-24,26-27H,3,18H2,1-2H3/t23-,24-,31?/m0/s1. The summed E-state index contributed by atoms with van der Waals surface area (Å²) in [6.45, 7) is 4.51. The molecular formula is C25H28N2O3S. The van der Waals surface area contributed by atoms with Crippen LogP contribution in [0, 0.1) is 6.92 Å². The first kappa shape index (κ1) is 22.9. The monoisotopic (exact) mass is 436 g/mol. The summed E-state index contributed by atoms with van der Waals surface area (Å²) in [6.07, 6.45) is 0. The zero-order valence-electron chi connectivity index (χ0n) is 17.8. The van der Waals surface area contributed by atoms with Gasteiger partial charge in [-0.3, -0.25) is 10.1 Å². The molecule has 162 valence electrons. The molecule has 0 aliphatic heterocycles. The van der Waals surface area contributed by atoms with Crippen molar-refractivity contribution in [2.75, 3.05) is 6.61 Å². The van der Waals surface area contributed by atoms with Crippen LogP contribution in [0.2, 0.25) is 0 Å². The van der Waals surface area contributed by atoms with E-state index < -0.39 is 23.1 Å². The van der Waals surface area contributed by atoms with Gasteiger partial charge in [-0.25, -0.2) is 8.93 Å². The van der Waals surface area contributed by atoms with Crippen LogP contribution in [0.3, 0.4) is 0 Å². The Morgan fingerprint density at radius 1 is 0.935 bits per heavy atom. The molecule has 0 radical (unpaired) electrons. The SMILES string of the molecule is CCOC(=O)[C@@H](NCc1ccccc1)[C@@H](NS(=O)c1ccc(C)cc1)c1ccccc1. The Morgan fingerprint density at radius 3 is 2.16 bits per heavy atom. The van der Waals surface area contributed by atoms with Gasteiger partial charge < -0.3 is 4.74 Å². The number of hydrogen-bond acceptors (Lipinski definition) is 4. The third-order valence-corrected chi connectivity index (χ3v) is 6.04. The molecule has 2 N–H and O–H groups in total. The van der Waals surface area contributed by atoms with Crippen molar-refractivity contribution in [2.24, 2.45) is 0 Å². The first-order valence-corrected chi connectivity index (χ1v) is 11.5. The average Bonchev–Trinajstić information content (AvgIpc) is 2.80. The van der Waals surface area contributed by atoms with E-state index in [1.54, 1.807) is 6.92 Å². The highest BCUT2D eigenvalue weighted by molar-refractivity contribution is 7.83. The fraction of sp³-hybridized carbons (Fsp3) is 0.240. The molecule has 1 unspecified atom stereocenters. The average molecular weight is 437 g/mol. The Labute approximate surface area is 186 Å².